The van der Waals surface area contributed by atoms with Crippen LogP contribution in [0.15, 0.2) is 72.8 Å². The molecule has 1 fully saturated rings. The van der Waals surface area contributed by atoms with Crippen LogP contribution in [0.1, 0.15) is 52.7 Å². The fourth-order valence-electron chi connectivity index (χ4n) is 5.28. The van der Waals surface area contributed by atoms with Gasteiger partial charge in [0.15, 0.2) is 0 Å². The van der Waals surface area contributed by atoms with Gasteiger partial charge in [-0.2, -0.15) is 0 Å². The summed E-state index contributed by atoms with van der Waals surface area (Å²) in [6.07, 6.45) is 3.16. The molecule has 2 aliphatic rings. The first kappa shape index (κ1) is 23.0. The van der Waals surface area contributed by atoms with Gasteiger partial charge in [0, 0.05) is 24.3 Å². The Bertz CT molecular complexity index is 1200. The van der Waals surface area contributed by atoms with Crippen LogP contribution in [0.25, 0.3) is 0 Å². The second kappa shape index (κ2) is 9.82. The Hall–Kier alpha value is -3.80. The number of rotatable bonds is 5. The van der Waals surface area contributed by atoms with E-state index >= 15 is 0 Å². The highest BCUT2D eigenvalue weighted by atomic mass is 16.5. The third-order valence-electron chi connectivity index (χ3n) is 7.08. The fraction of sp³-hybridized carbons (Fsp3) is 0.310. The Kier molecular flexibility index (Phi) is 6.45. The van der Waals surface area contributed by atoms with E-state index in [-0.39, 0.29) is 11.8 Å². The van der Waals surface area contributed by atoms with Gasteiger partial charge in [-0.1, -0.05) is 30.3 Å². The Morgan fingerprint density at radius 2 is 1.40 bits per heavy atom. The first-order valence-electron chi connectivity index (χ1n) is 12.1. The number of hydrogen-bond acceptors (Lipinski definition) is 4. The van der Waals surface area contributed by atoms with Crippen molar-refractivity contribution in [1.29, 1.82) is 0 Å². The maximum absolute atomic E-state index is 14.1. The Morgan fingerprint density at radius 3 is 2.03 bits per heavy atom. The van der Waals surface area contributed by atoms with Gasteiger partial charge in [-0.3, -0.25) is 14.5 Å². The van der Waals surface area contributed by atoms with Crippen molar-refractivity contribution in [2.75, 3.05) is 32.2 Å². The molecule has 2 amide bonds. The lowest BCUT2D eigenvalue weighted by atomic mass is 9.78. The van der Waals surface area contributed by atoms with E-state index in [1.54, 1.807) is 19.1 Å². The van der Waals surface area contributed by atoms with Gasteiger partial charge in [0.25, 0.3) is 5.91 Å². The number of anilines is 1. The number of nitrogens with zero attached hydrogens (tertiary/aromatic N) is 2. The molecule has 180 valence electrons. The fourth-order valence-corrected chi connectivity index (χ4v) is 5.28. The van der Waals surface area contributed by atoms with E-state index in [4.69, 9.17) is 9.47 Å². The molecule has 2 atom stereocenters. The number of amides is 2. The van der Waals surface area contributed by atoms with E-state index in [9.17, 15) is 9.59 Å². The van der Waals surface area contributed by atoms with Crippen LogP contribution < -0.4 is 14.4 Å². The molecule has 0 N–H and O–H groups in total. The summed E-state index contributed by atoms with van der Waals surface area (Å²) in [6.45, 7) is 1.51. The molecule has 0 unspecified atom stereocenters. The predicted octanol–water partition coefficient (Wildman–Crippen LogP) is 5.20. The molecule has 0 aliphatic carbocycles. The van der Waals surface area contributed by atoms with Crippen molar-refractivity contribution < 1.29 is 19.1 Å². The summed E-state index contributed by atoms with van der Waals surface area (Å²) < 4.78 is 10.7. The quantitative estimate of drug-likeness (QED) is 0.514. The largest absolute Gasteiger partial charge is 0.497 e. The van der Waals surface area contributed by atoms with Gasteiger partial charge in [0.1, 0.15) is 11.5 Å². The summed E-state index contributed by atoms with van der Waals surface area (Å²) in [7, 11) is 3.24. The SMILES string of the molecule is COc1ccc([C@@H]2[C@@H](C(=O)N3CCCCC3)c3ccccc3C(=O)N2c2ccc(OC)cc2)cc1. The number of carbonyl (C=O) groups excluding carboxylic acids is 2. The third kappa shape index (κ3) is 4.25. The van der Waals surface area contributed by atoms with Crippen molar-refractivity contribution in [3.05, 3.63) is 89.5 Å². The van der Waals surface area contributed by atoms with E-state index in [0.717, 1.165) is 54.9 Å². The second-order valence-electron chi connectivity index (χ2n) is 9.04. The van der Waals surface area contributed by atoms with E-state index in [2.05, 4.69) is 0 Å². The molecule has 0 bridgehead atoms. The molecule has 0 radical (unpaired) electrons. The zero-order chi connectivity index (χ0) is 24.4. The van der Waals surface area contributed by atoms with Gasteiger partial charge in [0.05, 0.1) is 26.2 Å². The number of hydrogen-bond donors (Lipinski definition) is 0. The molecule has 1 saturated heterocycles. The molecule has 0 saturated carbocycles. The van der Waals surface area contributed by atoms with Crippen LogP contribution in [-0.4, -0.2) is 44.0 Å². The van der Waals surface area contributed by atoms with Crippen LogP contribution in [0, 0.1) is 0 Å². The Balaban J connectivity index is 1.69. The second-order valence-corrected chi connectivity index (χ2v) is 9.04. The minimum absolute atomic E-state index is 0.0731. The zero-order valence-corrected chi connectivity index (χ0v) is 20.1. The molecule has 3 aromatic carbocycles. The van der Waals surface area contributed by atoms with Crippen molar-refractivity contribution in [2.24, 2.45) is 0 Å². The molecule has 35 heavy (non-hydrogen) atoms. The number of fused-ring (bicyclic) bond motifs is 1. The van der Waals surface area contributed by atoms with Gasteiger partial charge in [-0.05, 0) is 72.9 Å². The van der Waals surface area contributed by atoms with Crippen LogP contribution in [0.3, 0.4) is 0 Å². The molecule has 3 aromatic rings. The van der Waals surface area contributed by atoms with E-state index in [1.165, 1.54) is 0 Å². The topological polar surface area (TPSA) is 59.1 Å². The minimum Gasteiger partial charge on any atom is -0.497 e. The highest BCUT2D eigenvalue weighted by Gasteiger charge is 2.46. The van der Waals surface area contributed by atoms with Crippen molar-refractivity contribution in [3.63, 3.8) is 0 Å². The number of benzene rings is 3. The average molecular weight is 471 g/mol. The maximum Gasteiger partial charge on any atom is 0.259 e. The summed E-state index contributed by atoms with van der Waals surface area (Å²) in [5, 5.41) is 0. The summed E-state index contributed by atoms with van der Waals surface area (Å²) in [4.78, 5) is 31.9. The average Bonchev–Trinajstić information content (AvgIpc) is 2.93. The monoisotopic (exact) mass is 470 g/mol. The van der Waals surface area contributed by atoms with Gasteiger partial charge in [0.2, 0.25) is 5.91 Å². The molecular formula is C29H30N2O4. The van der Waals surface area contributed by atoms with Crippen molar-refractivity contribution in [3.8, 4) is 11.5 Å². The van der Waals surface area contributed by atoms with E-state index in [0.29, 0.717) is 11.3 Å². The maximum atomic E-state index is 14.1. The van der Waals surface area contributed by atoms with Crippen LogP contribution in [0.5, 0.6) is 11.5 Å². The molecule has 2 heterocycles. The Labute approximate surface area is 206 Å². The lowest BCUT2D eigenvalue weighted by Gasteiger charge is -2.43. The lowest BCUT2D eigenvalue weighted by Crippen LogP contribution is -2.49. The van der Waals surface area contributed by atoms with Crippen molar-refractivity contribution in [1.82, 2.24) is 4.90 Å². The number of piperidine rings is 1. The predicted molar refractivity (Wildman–Crippen MR) is 135 cm³/mol. The van der Waals surface area contributed by atoms with Crippen LogP contribution in [0.4, 0.5) is 5.69 Å². The molecule has 0 aromatic heterocycles. The van der Waals surface area contributed by atoms with Gasteiger partial charge < -0.3 is 14.4 Å². The highest BCUT2D eigenvalue weighted by molar-refractivity contribution is 6.11. The molecule has 6 heteroatoms. The highest BCUT2D eigenvalue weighted by Crippen LogP contribution is 2.46. The first-order valence-corrected chi connectivity index (χ1v) is 12.1. The number of likely N-dealkylation sites (tertiary alicyclic amines) is 1. The summed E-state index contributed by atoms with van der Waals surface area (Å²) in [5.41, 5.74) is 2.98. The van der Waals surface area contributed by atoms with Gasteiger partial charge in [-0.15, -0.1) is 0 Å². The molecule has 0 spiro atoms. The van der Waals surface area contributed by atoms with Gasteiger partial charge >= 0.3 is 0 Å². The number of ether oxygens (including phenoxy) is 2. The Morgan fingerprint density at radius 1 is 0.800 bits per heavy atom. The minimum atomic E-state index is -0.516. The lowest BCUT2D eigenvalue weighted by molar-refractivity contribution is -0.134. The van der Waals surface area contributed by atoms with Crippen LogP contribution in [-0.2, 0) is 4.79 Å². The number of carbonyl (C=O) groups is 2. The first-order chi connectivity index (χ1) is 17.1. The molecule has 2 aliphatic heterocycles. The summed E-state index contributed by atoms with van der Waals surface area (Å²) >= 11 is 0. The standard InChI is InChI=1S/C29H30N2O4/c1-34-22-14-10-20(11-15-22)27-26(29(33)30-18-6-3-7-19-30)24-8-4-5-9-25(24)28(32)31(27)21-12-16-23(35-2)17-13-21/h4-5,8-17,26-27H,3,6-7,18-19H2,1-2H3/t26-,27+/m0/s1. The van der Waals surface area contributed by atoms with Crippen molar-refractivity contribution >= 4 is 17.5 Å². The number of methoxy groups -OCH3 is 2. The molecule has 5 rings (SSSR count). The normalized spacial score (nSPS) is 19.8. The third-order valence-corrected chi connectivity index (χ3v) is 7.08. The van der Waals surface area contributed by atoms with Gasteiger partial charge in [-0.25, -0.2) is 0 Å². The molecule has 6 nitrogen and oxygen atoms in total. The van der Waals surface area contributed by atoms with Crippen LogP contribution >= 0.6 is 0 Å². The summed E-state index contributed by atoms with van der Waals surface area (Å²) in [5.74, 6) is 0.877. The zero-order valence-electron chi connectivity index (χ0n) is 20.1. The smallest absolute Gasteiger partial charge is 0.259 e. The van der Waals surface area contributed by atoms with E-state index in [1.807, 2.05) is 77.7 Å². The van der Waals surface area contributed by atoms with Crippen LogP contribution in [0.2, 0.25) is 0 Å². The van der Waals surface area contributed by atoms with E-state index < -0.39 is 12.0 Å². The van der Waals surface area contributed by atoms with Crippen molar-refractivity contribution in [2.45, 2.75) is 31.2 Å². The summed E-state index contributed by atoms with van der Waals surface area (Å²) in [6, 6.07) is 22.2. The molecular weight excluding hydrogens is 440 g/mol.